The van der Waals surface area contributed by atoms with Crippen LogP contribution in [0.4, 0.5) is 10.5 Å². The number of anilines is 1. The predicted octanol–water partition coefficient (Wildman–Crippen LogP) is 1.98. The largest absolute Gasteiger partial charge is 0.323 e. The molecule has 0 aliphatic carbocycles. The normalized spacial score (nSPS) is 11.4. The van der Waals surface area contributed by atoms with E-state index in [1.54, 1.807) is 6.08 Å². The lowest BCUT2D eigenvalue weighted by atomic mass is 10.3. The molecule has 0 spiro atoms. The molecule has 18 heavy (non-hydrogen) atoms. The average molecular weight is 270 g/mol. The number of carbonyl (C=O) groups excluding carboxylic acids is 1. The van der Waals surface area contributed by atoms with Gasteiger partial charge in [-0.3, -0.25) is 4.55 Å². The van der Waals surface area contributed by atoms with Crippen LogP contribution in [0, 0.1) is 0 Å². The van der Waals surface area contributed by atoms with Crippen molar-refractivity contribution < 1.29 is 17.8 Å². The maximum atomic E-state index is 11.3. The number of nitrogens with one attached hydrogen (secondary N) is 2. The summed E-state index contributed by atoms with van der Waals surface area (Å²) in [5.74, 6) is 0. The molecular weight excluding hydrogens is 256 g/mol. The highest BCUT2D eigenvalue weighted by molar-refractivity contribution is 7.85. The summed E-state index contributed by atoms with van der Waals surface area (Å²) in [5.41, 5.74) is 0.421. The summed E-state index contributed by atoms with van der Waals surface area (Å²) in [6, 6.07) is 4.73. The van der Waals surface area contributed by atoms with Crippen molar-refractivity contribution in [1.29, 1.82) is 0 Å². The Balaban J connectivity index is 2.64. The highest BCUT2D eigenvalue weighted by atomic mass is 32.2. The van der Waals surface area contributed by atoms with Crippen LogP contribution in [0.15, 0.2) is 41.4 Å². The third-order valence-corrected chi connectivity index (χ3v) is 2.85. The van der Waals surface area contributed by atoms with Gasteiger partial charge in [0.05, 0.1) is 4.90 Å². The van der Waals surface area contributed by atoms with E-state index in [2.05, 4.69) is 10.6 Å². The Morgan fingerprint density at radius 2 is 1.94 bits per heavy atom. The van der Waals surface area contributed by atoms with Crippen molar-refractivity contribution >= 4 is 21.8 Å². The fraction of sp³-hybridized carbons (Fsp3) is 0.182. The summed E-state index contributed by atoms with van der Waals surface area (Å²) in [7, 11) is -4.21. The summed E-state index contributed by atoms with van der Waals surface area (Å²) >= 11 is 0. The number of urea groups is 1. The van der Waals surface area contributed by atoms with Gasteiger partial charge in [-0.15, -0.1) is 0 Å². The van der Waals surface area contributed by atoms with Crippen LogP contribution in [0.1, 0.15) is 13.3 Å². The first-order valence-corrected chi connectivity index (χ1v) is 6.67. The Hall–Kier alpha value is -1.86. The van der Waals surface area contributed by atoms with Gasteiger partial charge in [-0.05, 0) is 30.7 Å². The molecule has 0 aliphatic heterocycles. The minimum Gasteiger partial charge on any atom is -0.315 e. The zero-order chi connectivity index (χ0) is 13.6. The van der Waals surface area contributed by atoms with Crippen molar-refractivity contribution in [2.75, 3.05) is 5.32 Å². The summed E-state index contributed by atoms with van der Waals surface area (Å²) in [5, 5.41) is 4.98. The zero-order valence-electron chi connectivity index (χ0n) is 9.75. The van der Waals surface area contributed by atoms with Crippen LogP contribution in [0.5, 0.6) is 0 Å². The summed E-state index contributed by atoms with van der Waals surface area (Å²) in [4.78, 5) is 11.1. The van der Waals surface area contributed by atoms with E-state index in [-0.39, 0.29) is 4.90 Å². The number of benzene rings is 1. The molecule has 1 rings (SSSR count). The van der Waals surface area contributed by atoms with E-state index in [0.29, 0.717) is 5.69 Å². The van der Waals surface area contributed by atoms with Gasteiger partial charge in [0, 0.05) is 11.9 Å². The molecule has 0 aliphatic rings. The fourth-order valence-corrected chi connectivity index (χ4v) is 1.61. The van der Waals surface area contributed by atoms with E-state index in [1.807, 2.05) is 6.92 Å². The lowest BCUT2D eigenvalue weighted by Crippen LogP contribution is -2.23. The molecule has 0 atom stereocenters. The molecule has 0 unspecified atom stereocenters. The van der Waals surface area contributed by atoms with Crippen LogP contribution in [-0.2, 0) is 10.1 Å². The molecule has 0 fully saturated rings. The molecule has 3 N–H and O–H groups in total. The summed E-state index contributed by atoms with van der Waals surface area (Å²) in [6.07, 6.45) is 4.10. The molecule has 0 saturated carbocycles. The Morgan fingerprint density at radius 1 is 1.33 bits per heavy atom. The number of hydrogen-bond acceptors (Lipinski definition) is 3. The lowest BCUT2D eigenvalue weighted by molar-refractivity contribution is 0.255. The number of rotatable bonds is 4. The van der Waals surface area contributed by atoms with Gasteiger partial charge in [0.15, 0.2) is 0 Å². The van der Waals surface area contributed by atoms with Crippen molar-refractivity contribution in [3.8, 4) is 0 Å². The number of carbonyl (C=O) groups is 1. The van der Waals surface area contributed by atoms with Gasteiger partial charge >= 0.3 is 6.03 Å². The van der Waals surface area contributed by atoms with Crippen LogP contribution in [-0.4, -0.2) is 19.0 Å². The van der Waals surface area contributed by atoms with Crippen LogP contribution in [0.2, 0.25) is 0 Å². The van der Waals surface area contributed by atoms with E-state index < -0.39 is 16.1 Å². The minimum atomic E-state index is -4.21. The molecule has 0 heterocycles. The first-order chi connectivity index (χ1) is 8.43. The molecule has 98 valence electrons. The van der Waals surface area contributed by atoms with E-state index in [9.17, 15) is 13.2 Å². The van der Waals surface area contributed by atoms with Gasteiger partial charge in [0.2, 0.25) is 0 Å². The van der Waals surface area contributed by atoms with Crippen molar-refractivity contribution in [2.24, 2.45) is 0 Å². The summed E-state index contributed by atoms with van der Waals surface area (Å²) in [6.45, 7) is 1.93. The average Bonchev–Trinajstić information content (AvgIpc) is 2.29. The zero-order valence-corrected chi connectivity index (χ0v) is 10.6. The van der Waals surface area contributed by atoms with Crippen LogP contribution in [0.3, 0.4) is 0 Å². The molecule has 1 aromatic rings. The Kier molecular flexibility index (Phi) is 4.87. The van der Waals surface area contributed by atoms with Crippen molar-refractivity contribution in [3.63, 3.8) is 0 Å². The number of allylic oxidation sites excluding steroid dienone is 1. The molecule has 1 aromatic carbocycles. The van der Waals surface area contributed by atoms with Crippen molar-refractivity contribution in [3.05, 3.63) is 36.5 Å². The van der Waals surface area contributed by atoms with Gasteiger partial charge in [-0.2, -0.15) is 8.42 Å². The maximum absolute atomic E-state index is 11.3. The molecule has 6 nitrogen and oxygen atoms in total. The molecular formula is C11H14N2O4S. The third kappa shape index (κ3) is 4.56. The number of hydrogen-bond donors (Lipinski definition) is 3. The Bertz CT molecular complexity index is 535. The smallest absolute Gasteiger partial charge is 0.315 e. The monoisotopic (exact) mass is 270 g/mol. The first kappa shape index (κ1) is 14.2. The second-order valence-electron chi connectivity index (χ2n) is 3.41. The quantitative estimate of drug-likeness (QED) is 0.729. The second-order valence-corrected chi connectivity index (χ2v) is 4.83. The highest BCUT2D eigenvalue weighted by Gasteiger charge is 2.08. The van der Waals surface area contributed by atoms with E-state index in [1.165, 1.54) is 30.5 Å². The molecule has 0 saturated heterocycles. The standard InChI is InChI=1S/C11H14N2O4S/c1-2-3-8-12-11(14)13-9-4-6-10(7-5-9)18(15,16)17/h3-8H,2H2,1H3,(H2,12,13,14)(H,15,16,17)/b8-3+. The van der Waals surface area contributed by atoms with Crippen LogP contribution < -0.4 is 10.6 Å². The molecule has 0 radical (unpaired) electrons. The van der Waals surface area contributed by atoms with E-state index in [4.69, 9.17) is 4.55 Å². The first-order valence-electron chi connectivity index (χ1n) is 5.23. The fourth-order valence-electron chi connectivity index (χ4n) is 1.13. The van der Waals surface area contributed by atoms with Gasteiger partial charge in [0.25, 0.3) is 10.1 Å². The maximum Gasteiger partial charge on any atom is 0.323 e. The predicted molar refractivity (Wildman–Crippen MR) is 67.8 cm³/mol. The van der Waals surface area contributed by atoms with Crippen LogP contribution >= 0.6 is 0 Å². The third-order valence-electron chi connectivity index (χ3n) is 1.98. The summed E-state index contributed by atoms with van der Waals surface area (Å²) < 4.78 is 30.3. The molecule has 0 aromatic heterocycles. The second kappa shape index (κ2) is 6.18. The topological polar surface area (TPSA) is 95.5 Å². The lowest BCUT2D eigenvalue weighted by Gasteiger charge is -2.05. The van der Waals surface area contributed by atoms with Crippen molar-refractivity contribution in [2.45, 2.75) is 18.2 Å². The highest BCUT2D eigenvalue weighted by Crippen LogP contribution is 2.13. The molecule has 7 heteroatoms. The van der Waals surface area contributed by atoms with Gasteiger partial charge < -0.3 is 10.6 Å². The van der Waals surface area contributed by atoms with Gasteiger partial charge in [-0.25, -0.2) is 4.79 Å². The van der Waals surface area contributed by atoms with Crippen LogP contribution in [0.25, 0.3) is 0 Å². The Labute approximate surface area is 105 Å². The molecule has 0 bridgehead atoms. The minimum absolute atomic E-state index is 0.223. The molecule has 2 amide bonds. The Morgan fingerprint density at radius 3 is 2.44 bits per heavy atom. The van der Waals surface area contributed by atoms with Crippen molar-refractivity contribution in [1.82, 2.24) is 5.32 Å². The SMILES string of the molecule is CC/C=C/NC(=O)Nc1ccc(S(=O)(=O)O)cc1. The van der Waals surface area contributed by atoms with Gasteiger partial charge in [0.1, 0.15) is 0 Å². The number of amides is 2. The van der Waals surface area contributed by atoms with E-state index in [0.717, 1.165) is 6.42 Å². The van der Waals surface area contributed by atoms with Gasteiger partial charge in [-0.1, -0.05) is 13.0 Å². The van der Waals surface area contributed by atoms with E-state index >= 15 is 0 Å².